The maximum absolute atomic E-state index is 13.2. The van der Waals surface area contributed by atoms with Crippen LogP contribution < -0.4 is 0 Å². The number of alkyl halides is 2. The SMILES string of the molecule is COCOC12CC3CC(CC(COC(=O)C(F)(F)S(=O)[O-])(C3)C1)C2. The largest absolute Gasteiger partial charge is 0.767 e. The van der Waals surface area contributed by atoms with Crippen LogP contribution in [0.15, 0.2) is 0 Å². The van der Waals surface area contributed by atoms with Crippen molar-refractivity contribution in [3.63, 3.8) is 0 Å². The number of halogens is 2. The summed E-state index contributed by atoms with van der Waals surface area (Å²) in [7, 11) is 1.54. The normalized spacial score (nSPS) is 39.0. The van der Waals surface area contributed by atoms with Gasteiger partial charge in [-0.2, -0.15) is 8.78 Å². The molecule has 3 atom stereocenters. The van der Waals surface area contributed by atoms with Gasteiger partial charge in [0.05, 0.1) is 12.2 Å². The number of rotatable bonds is 7. The smallest absolute Gasteiger partial charge is 0.403 e. The Morgan fingerprint density at radius 1 is 1.29 bits per heavy atom. The minimum Gasteiger partial charge on any atom is -0.767 e. The van der Waals surface area contributed by atoms with Crippen molar-refractivity contribution < 1.29 is 36.5 Å². The minimum absolute atomic E-state index is 0.169. The second-order valence-electron chi connectivity index (χ2n) is 7.52. The summed E-state index contributed by atoms with van der Waals surface area (Å²) in [6.07, 6.45) is 5.10. The first-order chi connectivity index (χ1) is 11.2. The van der Waals surface area contributed by atoms with Crippen molar-refractivity contribution in [2.24, 2.45) is 17.3 Å². The van der Waals surface area contributed by atoms with E-state index in [1.54, 1.807) is 7.11 Å². The van der Waals surface area contributed by atoms with Crippen molar-refractivity contribution in [1.29, 1.82) is 0 Å². The van der Waals surface area contributed by atoms with E-state index in [9.17, 15) is 22.3 Å². The predicted octanol–water partition coefficient (Wildman–Crippen LogP) is 1.96. The van der Waals surface area contributed by atoms with Gasteiger partial charge >= 0.3 is 11.2 Å². The molecule has 4 fully saturated rings. The number of carbonyl (C=O) groups excluding carboxylic acids is 1. The minimum atomic E-state index is -4.51. The topological polar surface area (TPSA) is 84.9 Å². The van der Waals surface area contributed by atoms with Crippen LogP contribution in [0.1, 0.15) is 38.5 Å². The van der Waals surface area contributed by atoms with Gasteiger partial charge in [0.1, 0.15) is 6.79 Å². The van der Waals surface area contributed by atoms with Crippen molar-refractivity contribution >= 4 is 17.0 Å². The molecule has 0 aromatic heterocycles. The van der Waals surface area contributed by atoms with Crippen LogP contribution in [0, 0.1) is 17.3 Å². The van der Waals surface area contributed by atoms with E-state index in [0.717, 1.165) is 32.1 Å². The molecule has 0 saturated heterocycles. The molecule has 4 aliphatic rings. The van der Waals surface area contributed by atoms with E-state index in [1.165, 1.54) is 0 Å². The number of ether oxygens (including phenoxy) is 3. The van der Waals surface area contributed by atoms with Crippen LogP contribution in [-0.4, -0.2) is 46.1 Å². The quantitative estimate of drug-likeness (QED) is 0.388. The zero-order valence-electron chi connectivity index (χ0n) is 13.4. The van der Waals surface area contributed by atoms with E-state index in [0.29, 0.717) is 18.3 Å². The maximum atomic E-state index is 13.2. The molecule has 4 saturated carbocycles. The molecule has 0 aromatic carbocycles. The summed E-state index contributed by atoms with van der Waals surface area (Å²) in [5.41, 5.74) is -0.760. The highest BCUT2D eigenvalue weighted by Crippen LogP contribution is 2.62. The van der Waals surface area contributed by atoms with Gasteiger partial charge in [-0.1, -0.05) is 0 Å². The average Bonchev–Trinajstić information content (AvgIpc) is 2.49. The third-order valence-corrected chi connectivity index (χ3v) is 6.15. The molecule has 4 rings (SSSR count). The molecule has 4 bridgehead atoms. The molecule has 9 heteroatoms. The Labute approximate surface area is 141 Å². The van der Waals surface area contributed by atoms with Crippen LogP contribution >= 0.6 is 0 Å². The summed E-state index contributed by atoms with van der Waals surface area (Å²) in [6, 6.07) is 0. The Morgan fingerprint density at radius 3 is 2.46 bits per heavy atom. The van der Waals surface area contributed by atoms with Crippen LogP contribution in [0.4, 0.5) is 8.78 Å². The van der Waals surface area contributed by atoms with Crippen LogP contribution in [-0.2, 0) is 30.1 Å². The summed E-state index contributed by atoms with van der Waals surface area (Å²) < 4.78 is 63.0. The van der Waals surface area contributed by atoms with Crippen molar-refractivity contribution in [2.75, 3.05) is 20.5 Å². The van der Waals surface area contributed by atoms with Gasteiger partial charge in [-0.15, -0.1) is 0 Å². The van der Waals surface area contributed by atoms with Gasteiger partial charge in [-0.05, 0) is 50.4 Å². The molecule has 6 nitrogen and oxygen atoms in total. The van der Waals surface area contributed by atoms with Crippen LogP contribution in [0.25, 0.3) is 0 Å². The van der Waals surface area contributed by atoms with Crippen molar-refractivity contribution in [3.8, 4) is 0 Å². The highest BCUT2D eigenvalue weighted by atomic mass is 32.2. The van der Waals surface area contributed by atoms with Gasteiger partial charge in [0.15, 0.2) is 0 Å². The van der Waals surface area contributed by atoms with Crippen LogP contribution in [0.3, 0.4) is 0 Å². The molecule has 0 amide bonds. The highest BCUT2D eigenvalue weighted by Gasteiger charge is 2.59. The second kappa shape index (κ2) is 6.26. The van der Waals surface area contributed by atoms with Gasteiger partial charge in [0.2, 0.25) is 0 Å². The van der Waals surface area contributed by atoms with E-state index < -0.39 is 27.7 Å². The van der Waals surface area contributed by atoms with Crippen LogP contribution in [0.5, 0.6) is 0 Å². The Kier molecular flexibility index (Phi) is 4.74. The fourth-order valence-electron chi connectivity index (χ4n) is 5.26. The molecular weight excluding hydrogens is 346 g/mol. The Morgan fingerprint density at radius 2 is 1.92 bits per heavy atom. The van der Waals surface area contributed by atoms with E-state index in [-0.39, 0.29) is 19.0 Å². The lowest BCUT2D eigenvalue weighted by molar-refractivity contribution is -0.234. The Balaban J connectivity index is 1.69. The van der Waals surface area contributed by atoms with E-state index in [2.05, 4.69) is 0 Å². The third-order valence-electron chi connectivity index (χ3n) is 5.57. The molecule has 138 valence electrons. The van der Waals surface area contributed by atoms with Gasteiger partial charge in [-0.25, -0.2) is 4.79 Å². The van der Waals surface area contributed by atoms with Crippen molar-refractivity contribution in [3.05, 3.63) is 0 Å². The molecule has 0 aliphatic heterocycles. The van der Waals surface area contributed by atoms with Crippen LogP contribution in [0.2, 0.25) is 0 Å². The fourth-order valence-corrected chi connectivity index (χ4v) is 5.45. The third kappa shape index (κ3) is 3.23. The lowest BCUT2D eigenvalue weighted by Gasteiger charge is -2.61. The van der Waals surface area contributed by atoms with Crippen molar-refractivity contribution in [2.45, 2.75) is 49.4 Å². The summed E-state index contributed by atoms with van der Waals surface area (Å²) >= 11 is -3.83. The number of esters is 1. The zero-order valence-corrected chi connectivity index (χ0v) is 14.2. The maximum Gasteiger partial charge on any atom is 0.403 e. The molecule has 24 heavy (non-hydrogen) atoms. The lowest BCUT2D eigenvalue weighted by Crippen LogP contribution is -2.58. The first kappa shape index (κ1) is 18.2. The predicted molar refractivity (Wildman–Crippen MR) is 77.6 cm³/mol. The second-order valence-corrected chi connectivity index (χ2v) is 8.50. The first-order valence-corrected chi connectivity index (χ1v) is 9.05. The van der Waals surface area contributed by atoms with Gasteiger partial charge in [0.25, 0.3) is 0 Å². The molecule has 4 aliphatic carbocycles. The van der Waals surface area contributed by atoms with E-state index in [4.69, 9.17) is 14.2 Å². The molecule has 0 aromatic rings. The van der Waals surface area contributed by atoms with Crippen molar-refractivity contribution in [1.82, 2.24) is 0 Å². The molecule has 0 spiro atoms. The zero-order chi connectivity index (χ0) is 17.6. The highest BCUT2D eigenvalue weighted by molar-refractivity contribution is 7.81. The van der Waals surface area contributed by atoms with Gasteiger partial charge in [0, 0.05) is 23.6 Å². The lowest BCUT2D eigenvalue weighted by atomic mass is 9.48. The first-order valence-electron chi connectivity index (χ1n) is 7.98. The standard InChI is InChI=1S/C15H22F2O6S/c1-21-9-23-14-5-10-2-11(6-14)4-13(3-10,7-14)8-22-12(18)15(16,17)24(19)20/h10-11H,2-9H2,1H3,(H,19,20)/p-1. The summed E-state index contributed by atoms with van der Waals surface area (Å²) in [6.45, 7) is -0.0216. The Hall–Kier alpha value is -0.640. The summed E-state index contributed by atoms with van der Waals surface area (Å²) in [5.74, 6) is -1.18. The average molecular weight is 367 g/mol. The summed E-state index contributed by atoms with van der Waals surface area (Å²) in [4.78, 5) is 11.4. The van der Waals surface area contributed by atoms with E-state index >= 15 is 0 Å². The molecule has 0 heterocycles. The molecular formula is C15H21F2O6S-. The fraction of sp³-hybridized carbons (Fsp3) is 0.933. The monoisotopic (exact) mass is 367 g/mol. The number of hydrogen-bond donors (Lipinski definition) is 0. The number of methoxy groups -OCH3 is 1. The molecule has 3 unspecified atom stereocenters. The summed E-state index contributed by atoms with van der Waals surface area (Å²) in [5, 5.41) is -4.51. The van der Waals surface area contributed by atoms with Gasteiger partial charge < -0.3 is 18.8 Å². The van der Waals surface area contributed by atoms with E-state index in [1.807, 2.05) is 0 Å². The molecule has 0 radical (unpaired) electrons. The molecule has 0 N–H and O–H groups in total. The van der Waals surface area contributed by atoms with Gasteiger partial charge in [-0.3, -0.25) is 4.21 Å². The number of carbonyl (C=O) groups is 1. The number of hydrogen-bond acceptors (Lipinski definition) is 6. The Bertz CT molecular complexity index is 526.